The fraction of sp³-hybridized carbons (Fsp3) is 0.176. The van der Waals surface area contributed by atoms with E-state index < -0.39 is 0 Å². The van der Waals surface area contributed by atoms with E-state index in [4.69, 9.17) is 0 Å². The zero-order chi connectivity index (χ0) is 14.8. The number of rotatable bonds is 3. The van der Waals surface area contributed by atoms with Gasteiger partial charge in [0, 0.05) is 31.7 Å². The van der Waals surface area contributed by atoms with Crippen LogP contribution in [-0.2, 0) is 4.79 Å². The van der Waals surface area contributed by atoms with Crippen LogP contribution in [0.5, 0.6) is 0 Å². The molecule has 1 aliphatic heterocycles. The molecule has 0 aliphatic carbocycles. The molecule has 2 aromatic carbocycles. The fourth-order valence-electron chi connectivity index (χ4n) is 2.38. The van der Waals surface area contributed by atoms with Gasteiger partial charge in [-0.15, -0.1) is 0 Å². The van der Waals surface area contributed by atoms with Crippen LogP contribution in [0.15, 0.2) is 53.5 Å². The van der Waals surface area contributed by atoms with Gasteiger partial charge in [-0.2, -0.15) is 0 Å². The number of hydrogen-bond donors (Lipinski definition) is 1. The second-order valence-electron chi connectivity index (χ2n) is 5.24. The van der Waals surface area contributed by atoms with Crippen LogP contribution in [0.4, 0.5) is 17.1 Å². The lowest BCUT2D eigenvalue weighted by atomic mass is 10.0. The van der Waals surface area contributed by atoms with Crippen LogP contribution in [0.3, 0.4) is 0 Å². The minimum absolute atomic E-state index is 0.0233. The maximum atomic E-state index is 12.0. The molecule has 21 heavy (non-hydrogen) atoms. The van der Waals surface area contributed by atoms with Crippen molar-refractivity contribution in [2.75, 3.05) is 24.3 Å². The number of fused-ring (bicyclic) bond motifs is 1. The number of aliphatic imine (C=N–C) groups is 1. The van der Waals surface area contributed by atoms with Crippen LogP contribution in [0.1, 0.15) is 11.5 Å². The SMILES string of the molecule is CN(C)c1ccc(N=CC2C(=O)Nc3ccccc32)cc1. The summed E-state index contributed by atoms with van der Waals surface area (Å²) in [4.78, 5) is 18.5. The number of nitrogens with zero attached hydrogens (tertiary/aromatic N) is 2. The van der Waals surface area contributed by atoms with Crippen LogP contribution in [0.2, 0.25) is 0 Å². The Morgan fingerprint density at radius 3 is 2.52 bits per heavy atom. The molecule has 4 nitrogen and oxygen atoms in total. The summed E-state index contributed by atoms with van der Waals surface area (Å²) in [5.41, 5.74) is 3.83. The highest BCUT2D eigenvalue weighted by atomic mass is 16.2. The van der Waals surface area contributed by atoms with Crippen LogP contribution in [0.25, 0.3) is 0 Å². The molecule has 1 heterocycles. The first-order valence-electron chi connectivity index (χ1n) is 6.86. The monoisotopic (exact) mass is 279 g/mol. The Kier molecular flexibility index (Phi) is 3.44. The molecule has 0 radical (unpaired) electrons. The van der Waals surface area contributed by atoms with Crippen LogP contribution < -0.4 is 10.2 Å². The van der Waals surface area contributed by atoms with Gasteiger partial charge in [0.05, 0.1) is 5.69 Å². The average Bonchev–Trinajstić information content (AvgIpc) is 2.81. The molecule has 1 aliphatic rings. The number of nitrogens with one attached hydrogen (secondary N) is 1. The molecule has 3 rings (SSSR count). The van der Waals surface area contributed by atoms with E-state index in [-0.39, 0.29) is 11.8 Å². The molecule has 0 aromatic heterocycles. The average molecular weight is 279 g/mol. The number of para-hydroxylation sites is 1. The summed E-state index contributed by atoms with van der Waals surface area (Å²) in [5, 5.41) is 2.87. The number of amides is 1. The maximum absolute atomic E-state index is 12.0. The molecule has 1 N–H and O–H groups in total. The van der Waals surface area contributed by atoms with Crippen LogP contribution in [-0.4, -0.2) is 26.2 Å². The van der Waals surface area contributed by atoms with Gasteiger partial charge >= 0.3 is 0 Å². The summed E-state index contributed by atoms with van der Waals surface area (Å²) in [6.45, 7) is 0. The van der Waals surface area contributed by atoms with Crippen molar-refractivity contribution in [2.24, 2.45) is 4.99 Å². The molecule has 1 unspecified atom stereocenters. The molecule has 0 bridgehead atoms. The Hall–Kier alpha value is -2.62. The first kappa shape index (κ1) is 13.4. The Morgan fingerprint density at radius 1 is 1.10 bits per heavy atom. The van der Waals surface area contributed by atoms with Gasteiger partial charge in [0.25, 0.3) is 0 Å². The van der Waals surface area contributed by atoms with Crippen molar-refractivity contribution in [3.8, 4) is 0 Å². The first-order chi connectivity index (χ1) is 10.1. The molecule has 1 amide bonds. The number of carbonyl (C=O) groups is 1. The zero-order valence-corrected chi connectivity index (χ0v) is 12.1. The topological polar surface area (TPSA) is 44.7 Å². The lowest BCUT2D eigenvalue weighted by molar-refractivity contribution is -0.115. The molecule has 2 aromatic rings. The Labute approximate surface area is 124 Å². The standard InChI is InChI=1S/C17H17N3O/c1-20(2)13-9-7-12(8-10-13)18-11-15-14-5-3-4-6-16(14)19-17(15)21/h3-11,15H,1-2H3,(H,19,21). The summed E-state index contributed by atoms with van der Waals surface area (Å²) >= 11 is 0. The van der Waals surface area contributed by atoms with Crippen molar-refractivity contribution < 1.29 is 4.79 Å². The first-order valence-corrected chi connectivity index (χ1v) is 6.86. The largest absolute Gasteiger partial charge is 0.378 e. The number of hydrogen-bond acceptors (Lipinski definition) is 3. The van der Waals surface area contributed by atoms with E-state index in [1.54, 1.807) is 6.21 Å². The minimum Gasteiger partial charge on any atom is -0.378 e. The molecular formula is C17H17N3O. The Bertz CT molecular complexity index is 689. The third-order valence-corrected chi connectivity index (χ3v) is 3.57. The van der Waals surface area contributed by atoms with Gasteiger partial charge < -0.3 is 10.2 Å². The Balaban J connectivity index is 1.81. The maximum Gasteiger partial charge on any atom is 0.237 e. The number of carbonyl (C=O) groups excluding carboxylic acids is 1. The molecule has 4 heteroatoms. The fourth-order valence-corrected chi connectivity index (χ4v) is 2.38. The third kappa shape index (κ3) is 2.65. The number of anilines is 2. The summed E-state index contributed by atoms with van der Waals surface area (Å²) in [6.07, 6.45) is 1.71. The van der Waals surface area contributed by atoms with Crippen molar-refractivity contribution >= 4 is 29.2 Å². The van der Waals surface area contributed by atoms with Gasteiger partial charge in [-0.3, -0.25) is 9.79 Å². The lowest BCUT2D eigenvalue weighted by Crippen LogP contribution is -2.12. The van der Waals surface area contributed by atoms with Gasteiger partial charge in [0.1, 0.15) is 5.92 Å². The van der Waals surface area contributed by atoms with Crippen molar-refractivity contribution in [2.45, 2.75) is 5.92 Å². The molecule has 0 saturated heterocycles. The van der Waals surface area contributed by atoms with E-state index in [0.29, 0.717) is 0 Å². The molecule has 0 fully saturated rings. The van der Waals surface area contributed by atoms with Crippen molar-refractivity contribution in [1.29, 1.82) is 0 Å². The lowest BCUT2D eigenvalue weighted by Gasteiger charge is -2.11. The second kappa shape index (κ2) is 5.40. The predicted molar refractivity (Wildman–Crippen MR) is 86.7 cm³/mol. The third-order valence-electron chi connectivity index (χ3n) is 3.57. The summed E-state index contributed by atoms with van der Waals surface area (Å²) < 4.78 is 0. The van der Waals surface area contributed by atoms with Gasteiger partial charge in [-0.05, 0) is 35.9 Å². The molecule has 0 spiro atoms. The number of benzene rings is 2. The molecular weight excluding hydrogens is 262 g/mol. The van der Waals surface area contributed by atoms with Crippen molar-refractivity contribution in [1.82, 2.24) is 0 Å². The van der Waals surface area contributed by atoms with Gasteiger partial charge in [-0.25, -0.2) is 0 Å². The van der Waals surface area contributed by atoms with Crippen LogP contribution in [0, 0.1) is 0 Å². The highest BCUT2D eigenvalue weighted by molar-refractivity contribution is 6.12. The van der Waals surface area contributed by atoms with E-state index >= 15 is 0 Å². The molecule has 106 valence electrons. The minimum atomic E-state index is -0.310. The molecule has 0 saturated carbocycles. The van der Waals surface area contributed by atoms with E-state index in [0.717, 1.165) is 22.6 Å². The van der Waals surface area contributed by atoms with Gasteiger partial charge in [0.2, 0.25) is 5.91 Å². The highest BCUT2D eigenvalue weighted by Gasteiger charge is 2.28. The van der Waals surface area contributed by atoms with Crippen molar-refractivity contribution in [3.05, 3.63) is 54.1 Å². The van der Waals surface area contributed by atoms with Crippen LogP contribution >= 0.6 is 0 Å². The van der Waals surface area contributed by atoms with E-state index in [2.05, 4.69) is 10.3 Å². The summed E-state index contributed by atoms with van der Waals surface area (Å²) in [7, 11) is 4.00. The summed E-state index contributed by atoms with van der Waals surface area (Å²) in [5.74, 6) is -0.334. The Morgan fingerprint density at radius 2 is 1.81 bits per heavy atom. The van der Waals surface area contributed by atoms with Gasteiger partial charge in [-0.1, -0.05) is 18.2 Å². The van der Waals surface area contributed by atoms with E-state index in [1.165, 1.54) is 0 Å². The second-order valence-corrected chi connectivity index (χ2v) is 5.24. The smallest absolute Gasteiger partial charge is 0.237 e. The quantitative estimate of drug-likeness (QED) is 0.877. The van der Waals surface area contributed by atoms with Gasteiger partial charge in [0.15, 0.2) is 0 Å². The van der Waals surface area contributed by atoms with E-state index in [1.807, 2.05) is 67.5 Å². The predicted octanol–water partition coefficient (Wildman–Crippen LogP) is 3.19. The van der Waals surface area contributed by atoms with E-state index in [9.17, 15) is 4.79 Å². The summed E-state index contributed by atoms with van der Waals surface area (Å²) in [6, 6.07) is 15.6. The normalized spacial score (nSPS) is 16.9. The van der Waals surface area contributed by atoms with Crippen molar-refractivity contribution in [3.63, 3.8) is 0 Å². The highest BCUT2D eigenvalue weighted by Crippen LogP contribution is 2.31. The zero-order valence-electron chi connectivity index (χ0n) is 12.1. The molecule has 1 atom stereocenters.